The summed E-state index contributed by atoms with van der Waals surface area (Å²) >= 11 is 0. The lowest BCUT2D eigenvalue weighted by atomic mass is 10.1. The van der Waals surface area contributed by atoms with Gasteiger partial charge in [-0.2, -0.15) is 9.40 Å². The number of sulfonamides is 1. The Morgan fingerprint density at radius 2 is 2.04 bits per heavy atom. The van der Waals surface area contributed by atoms with Crippen molar-refractivity contribution < 1.29 is 8.42 Å². The van der Waals surface area contributed by atoms with E-state index in [1.54, 1.807) is 6.20 Å². The Kier molecular flexibility index (Phi) is 4.44. The molecule has 130 valence electrons. The number of aromatic nitrogens is 4. The molecule has 1 aliphatic rings. The van der Waals surface area contributed by atoms with E-state index in [0.29, 0.717) is 12.4 Å². The van der Waals surface area contributed by atoms with Crippen molar-refractivity contribution in [3.05, 3.63) is 29.8 Å². The molecular weight excluding hydrogens is 326 g/mol. The lowest BCUT2D eigenvalue weighted by Crippen LogP contribution is -2.30. The van der Waals surface area contributed by atoms with Crippen LogP contribution in [0.15, 0.2) is 18.3 Å². The molecule has 0 aliphatic carbocycles. The van der Waals surface area contributed by atoms with Crippen LogP contribution in [0, 0.1) is 6.92 Å². The number of hydrogen-bond acceptors (Lipinski definition) is 5. The van der Waals surface area contributed by atoms with Crippen molar-refractivity contribution in [3.63, 3.8) is 0 Å². The zero-order valence-corrected chi connectivity index (χ0v) is 15.3. The minimum absolute atomic E-state index is 0.212. The molecule has 0 amide bonds. The van der Waals surface area contributed by atoms with Gasteiger partial charge in [-0.15, -0.1) is 0 Å². The molecule has 0 aromatic carbocycles. The Labute approximate surface area is 142 Å². The van der Waals surface area contributed by atoms with Gasteiger partial charge < -0.3 is 0 Å². The molecule has 0 spiro atoms. The summed E-state index contributed by atoms with van der Waals surface area (Å²) in [7, 11) is -3.25. The second-order valence-electron chi connectivity index (χ2n) is 6.51. The largest absolute Gasteiger partial charge is 0.261 e. The molecule has 0 saturated carbocycles. The summed E-state index contributed by atoms with van der Waals surface area (Å²) in [6.07, 6.45) is 4.64. The Hall–Kier alpha value is -1.80. The highest BCUT2D eigenvalue weighted by Gasteiger charge is 2.34. The van der Waals surface area contributed by atoms with Gasteiger partial charge in [0.1, 0.15) is 5.82 Å². The molecule has 1 aliphatic heterocycles. The molecule has 1 atom stereocenters. The fourth-order valence-electron chi connectivity index (χ4n) is 3.25. The van der Waals surface area contributed by atoms with Gasteiger partial charge in [-0.3, -0.25) is 4.68 Å². The summed E-state index contributed by atoms with van der Waals surface area (Å²) < 4.78 is 27.5. The number of aryl methyl sites for hydroxylation is 1. The maximum absolute atomic E-state index is 12.0. The Morgan fingerprint density at radius 3 is 2.71 bits per heavy atom. The Balaban J connectivity index is 2.05. The normalized spacial score (nSPS) is 19.3. The van der Waals surface area contributed by atoms with Crippen molar-refractivity contribution in [3.8, 4) is 11.4 Å². The maximum Gasteiger partial charge on any atom is 0.211 e. The van der Waals surface area contributed by atoms with E-state index in [1.807, 2.05) is 23.7 Å². The average Bonchev–Trinajstić information content (AvgIpc) is 3.15. The van der Waals surface area contributed by atoms with E-state index < -0.39 is 10.0 Å². The molecule has 24 heavy (non-hydrogen) atoms. The van der Waals surface area contributed by atoms with E-state index >= 15 is 0 Å². The second-order valence-corrected chi connectivity index (χ2v) is 8.45. The van der Waals surface area contributed by atoms with Crippen molar-refractivity contribution >= 4 is 10.0 Å². The Morgan fingerprint density at radius 1 is 1.29 bits per heavy atom. The average molecular weight is 349 g/mol. The van der Waals surface area contributed by atoms with Crippen LogP contribution in [0.1, 0.15) is 50.3 Å². The van der Waals surface area contributed by atoms with Crippen LogP contribution < -0.4 is 0 Å². The molecule has 1 unspecified atom stereocenters. The third-order valence-corrected chi connectivity index (χ3v) is 5.54. The molecular formula is C16H23N5O2S. The maximum atomic E-state index is 12.0. The molecule has 2 aromatic rings. The molecule has 3 heterocycles. The van der Waals surface area contributed by atoms with E-state index in [1.165, 1.54) is 10.6 Å². The molecule has 1 saturated heterocycles. The van der Waals surface area contributed by atoms with Gasteiger partial charge in [-0.05, 0) is 45.7 Å². The second kappa shape index (κ2) is 6.25. The summed E-state index contributed by atoms with van der Waals surface area (Å²) in [5.74, 6) is 0.638. The van der Waals surface area contributed by atoms with Gasteiger partial charge in [-0.1, -0.05) is 0 Å². The first-order valence-electron chi connectivity index (χ1n) is 8.13. The van der Waals surface area contributed by atoms with Crippen LogP contribution in [-0.4, -0.2) is 45.3 Å². The molecule has 1 fully saturated rings. The van der Waals surface area contributed by atoms with E-state index in [0.717, 1.165) is 29.9 Å². The molecule has 8 heteroatoms. The van der Waals surface area contributed by atoms with Crippen molar-refractivity contribution in [1.82, 2.24) is 24.1 Å². The topological polar surface area (TPSA) is 81.0 Å². The fourth-order valence-corrected chi connectivity index (χ4v) is 4.39. The number of rotatable bonds is 4. The highest BCUT2D eigenvalue weighted by atomic mass is 32.2. The SMILES string of the molecule is Cc1nc(-c2ccnn2C(C)C)cc(C2CCCN2S(C)(=O)=O)n1. The molecule has 7 nitrogen and oxygen atoms in total. The molecule has 0 radical (unpaired) electrons. The summed E-state index contributed by atoms with van der Waals surface area (Å²) in [6, 6.07) is 3.83. The van der Waals surface area contributed by atoms with Crippen LogP contribution in [0.4, 0.5) is 0 Å². The van der Waals surface area contributed by atoms with E-state index in [9.17, 15) is 8.42 Å². The van der Waals surface area contributed by atoms with Crippen molar-refractivity contribution in [2.24, 2.45) is 0 Å². The van der Waals surface area contributed by atoms with Crippen LogP contribution >= 0.6 is 0 Å². The summed E-state index contributed by atoms with van der Waals surface area (Å²) in [4.78, 5) is 9.06. The highest BCUT2D eigenvalue weighted by molar-refractivity contribution is 7.88. The first-order chi connectivity index (χ1) is 11.3. The quantitative estimate of drug-likeness (QED) is 0.846. The van der Waals surface area contributed by atoms with Crippen molar-refractivity contribution in [2.45, 2.75) is 45.7 Å². The van der Waals surface area contributed by atoms with Gasteiger partial charge in [0.2, 0.25) is 10.0 Å². The van der Waals surface area contributed by atoms with E-state index in [2.05, 4.69) is 28.9 Å². The van der Waals surface area contributed by atoms with Crippen molar-refractivity contribution in [1.29, 1.82) is 0 Å². The third kappa shape index (κ3) is 3.21. The Bertz CT molecular complexity index is 844. The van der Waals surface area contributed by atoms with Crippen LogP contribution in [0.3, 0.4) is 0 Å². The minimum Gasteiger partial charge on any atom is -0.261 e. The zero-order chi connectivity index (χ0) is 17.5. The monoisotopic (exact) mass is 349 g/mol. The van der Waals surface area contributed by atoms with Gasteiger partial charge in [0.15, 0.2) is 0 Å². The minimum atomic E-state index is -3.25. The van der Waals surface area contributed by atoms with Crippen LogP contribution in [0.5, 0.6) is 0 Å². The van der Waals surface area contributed by atoms with E-state index in [4.69, 9.17) is 0 Å². The first-order valence-corrected chi connectivity index (χ1v) is 9.98. The number of hydrogen-bond donors (Lipinski definition) is 0. The lowest BCUT2D eigenvalue weighted by molar-refractivity contribution is 0.393. The standard InChI is InChI=1S/C16H23N5O2S/c1-11(2)21-16(7-8-17-21)14-10-13(18-12(3)19-14)15-6-5-9-20(15)24(4,22)23/h7-8,10-11,15H,5-6,9H2,1-4H3. The predicted octanol–water partition coefficient (Wildman–Crippen LogP) is 2.33. The van der Waals surface area contributed by atoms with Crippen LogP contribution in [0.25, 0.3) is 11.4 Å². The van der Waals surface area contributed by atoms with Gasteiger partial charge in [-0.25, -0.2) is 18.4 Å². The lowest BCUT2D eigenvalue weighted by Gasteiger charge is -2.22. The molecule has 0 N–H and O–H groups in total. The summed E-state index contributed by atoms with van der Waals surface area (Å²) in [5, 5.41) is 4.35. The summed E-state index contributed by atoms with van der Waals surface area (Å²) in [6.45, 7) is 6.51. The first kappa shape index (κ1) is 17.0. The van der Waals surface area contributed by atoms with Gasteiger partial charge >= 0.3 is 0 Å². The number of nitrogens with zero attached hydrogens (tertiary/aromatic N) is 5. The van der Waals surface area contributed by atoms with Gasteiger partial charge in [0.05, 0.1) is 29.4 Å². The van der Waals surface area contributed by atoms with E-state index in [-0.39, 0.29) is 12.1 Å². The fraction of sp³-hybridized carbons (Fsp3) is 0.562. The summed E-state index contributed by atoms with van der Waals surface area (Å²) in [5.41, 5.74) is 2.46. The van der Waals surface area contributed by atoms with Gasteiger partial charge in [0.25, 0.3) is 0 Å². The highest BCUT2D eigenvalue weighted by Crippen LogP contribution is 2.34. The predicted molar refractivity (Wildman–Crippen MR) is 91.9 cm³/mol. The molecule has 0 bridgehead atoms. The third-order valence-electron chi connectivity index (χ3n) is 4.25. The van der Waals surface area contributed by atoms with Crippen molar-refractivity contribution in [2.75, 3.05) is 12.8 Å². The zero-order valence-electron chi connectivity index (χ0n) is 14.5. The molecule has 3 rings (SSSR count). The van der Waals surface area contributed by atoms with Crippen LogP contribution in [0.2, 0.25) is 0 Å². The molecule has 2 aromatic heterocycles. The van der Waals surface area contributed by atoms with Gasteiger partial charge in [0, 0.05) is 18.8 Å². The smallest absolute Gasteiger partial charge is 0.211 e. The van der Waals surface area contributed by atoms with Crippen LogP contribution in [-0.2, 0) is 10.0 Å².